The second-order valence-electron chi connectivity index (χ2n) is 4.91. The van der Waals surface area contributed by atoms with E-state index in [1.54, 1.807) is 0 Å². The molecule has 0 heterocycles. The summed E-state index contributed by atoms with van der Waals surface area (Å²) in [5, 5.41) is 0. The van der Waals surface area contributed by atoms with Gasteiger partial charge in [-0.3, -0.25) is 0 Å². The molecule has 0 aromatic heterocycles. The molecule has 0 radical (unpaired) electrons. The standard InChI is InChI=1S/C15H26N2S/c1-12-5-6-15(14(11-12)7-9-16)17(3)13(2)8-10-18-4/h5-6,11,13H,7-10,16H2,1-4H3. The molecule has 1 atom stereocenters. The van der Waals surface area contributed by atoms with Gasteiger partial charge in [0.2, 0.25) is 0 Å². The first kappa shape index (κ1) is 15.4. The lowest BCUT2D eigenvalue weighted by molar-refractivity contribution is 0.666. The lowest BCUT2D eigenvalue weighted by Gasteiger charge is -2.29. The molecular weight excluding hydrogens is 240 g/mol. The number of thioether (sulfide) groups is 1. The Balaban J connectivity index is 2.86. The Morgan fingerprint density at radius 2 is 2.11 bits per heavy atom. The molecule has 1 aromatic rings. The average Bonchev–Trinajstić information content (AvgIpc) is 2.36. The Morgan fingerprint density at radius 3 is 2.72 bits per heavy atom. The minimum absolute atomic E-state index is 0.566. The third-order valence-corrected chi connectivity index (χ3v) is 4.07. The van der Waals surface area contributed by atoms with Crippen LogP contribution in [-0.2, 0) is 6.42 Å². The molecule has 0 aliphatic heterocycles. The van der Waals surface area contributed by atoms with E-state index < -0.39 is 0 Å². The highest BCUT2D eigenvalue weighted by Gasteiger charge is 2.13. The fraction of sp³-hybridized carbons (Fsp3) is 0.600. The van der Waals surface area contributed by atoms with E-state index in [-0.39, 0.29) is 0 Å². The van der Waals surface area contributed by atoms with E-state index >= 15 is 0 Å². The van der Waals surface area contributed by atoms with Crippen LogP contribution in [0.3, 0.4) is 0 Å². The molecule has 0 saturated carbocycles. The van der Waals surface area contributed by atoms with E-state index in [1.807, 2.05) is 11.8 Å². The molecule has 2 N–H and O–H groups in total. The zero-order valence-corrected chi connectivity index (χ0v) is 12.9. The Bertz CT molecular complexity index is 366. The van der Waals surface area contributed by atoms with Gasteiger partial charge in [-0.15, -0.1) is 0 Å². The van der Waals surface area contributed by atoms with Crippen molar-refractivity contribution in [3.8, 4) is 0 Å². The van der Waals surface area contributed by atoms with Gasteiger partial charge in [0.15, 0.2) is 0 Å². The SMILES string of the molecule is CSCCC(C)N(C)c1ccc(C)cc1CCN. The molecule has 1 rings (SSSR count). The summed E-state index contributed by atoms with van der Waals surface area (Å²) in [5.74, 6) is 1.21. The maximum absolute atomic E-state index is 5.71. The molecule has 0 saturated heterocycles. The first-order chi connectivity index (χ1) is 8.60. The number of aryl methyl sites for hydroxylation is 1. The van der Waals surface area contributed by atoms with Gasteiger partial charge in [-0.25, -0.2) is 0 Å². The number of nitrogens with zero attached hydrogens (tertiary/aromatic N) is 1. The molecular formula is C15H26N2S. The van der Waals surface area contributed by atoms with E-state index in [4.69, 9.17) is 5.73 Å². The molecule has 1 unspecified atom stereocenters. The van der Waals surface area contributed by atoms with Crippen molar-refractivity contribution in [2.45, 2.75) is 32.7 Å². The Kier molecular flexibility index (Phi) is 6.58. The van der Waals surface area contributed by atoms with Gasteiger partial charge >= 0.3 is 0 Å². The largest absolute Gasteiger partial charge is 0.372 e. The molecule has 0 fully saturated rings. The van der Waals surface area contributed by atoms with Crippen LogP contribution in [0.5, 0.6) is 0 Å². The van der Waals surface area contributed by atoms with Gasteiger partial charge in [-0.1, -0.05) is 17.7 Å². The number of hydrogen-bond acceptors (Lipinski definition) is 3. The molecule has 102 valence electrons. The van der Waals surface area contributed by atoms with Crippen molar-refractivity contribution in [3.63, 3.8) is 0 Å². The fourth-order valence-electron chi connectivity index (χ4n) is 2.13. The third-order valence-electron chi connectivity index (χ3n) is 3.43. The van der Waals surface area contributed by atoms with Crippen LogP contribution in [0.25, 0.3) is 0 Å². The minimum atomic E-state index is 0.566. The van der Waals surface area contributed by atoms with E-state index in [0.717, 1.165) is 6.42 Å². The topological polar surface area (TPSA) is 29.3 Å². The minimum Gasteiger partial charge on any atom is -0.372 e. The highest BCUT2D eigenvalue weighted by atomic mass is 32.2. The lowest BCUT2D eigenvalue weighted by atomic mass is 10.0. The van der Waals surface area contributed by atoms with Crippen molar-refractivity contribution in [1.29, 1.82) is 0 Å². The van der Waals surface area contributed by atoms with Crippen molar-refractivity contribution in [3.05, 3.63) is 29.3 Å². The molecule has 18 heavy (non-hydrogen) atoms. The molecule has 1 aromatic carbocycles. The van der Waals surface area contributed by atoms with Gasteiger partial charge in [-0.2, -0.15) is 11.8 Å². The summed E-state index contributed by atoms with van der Waals surface area (Å²) in [4.78, 5) is 2.39. The zero-order chi connectivity index (χ0) is 13.5. The van der Waals surface area contributed by atoms with Crippen molar-refractivity contribution in [2.75, 3.05) is 30.5 Å². The summed E-state index contributed by atoms with van der Waals surface area (Å²) >= 11 is 1.91. The fourth-order valence-corrected chi connectivity index (χ4v) is 2.71. The van der Waals surface area contributed by atoms with Crippen LogP contribution in [0.4, 0.5) is 5.69 Å². The zero-order valence-electron chi connectivity index (χ0n) is 12.1. The highest BCUT2D eigenvalue weighted by molar-refractivity contribution is 7.98. The van der Waals surface area contributed by atoms with E-state index in [9.17, 15) is 0 Å². The predicted molar refractivity (Wildman–Crippen MR) is 84.8 cm³/mol. The Hall–Kier alpha value is -0.670. The van der Waals surface area contributed by atoms with Crippen LogP contribution < -0.4 is 10.6 Å². The van der Waals surface area contributed by atoms with E-state index in [0.29, 0.717) is 12.6 Å². The first-order valence-electron chi connectivity index (χ1n) is 6.61. The van der Waals surface area contributed by atoms with Crippen LogP contribution in [-0.4, -0.2) is 31.6 Å². The summed E-state index contributed by atoms with van der Waals surface area (Å²) in [6, 6.07) is 7.25. The van der Waals surface area contributed by atoms with Gasteiger partial charge < -0.3 is 10.6 Å². The maximum atomic E-state index is 5.71. The third kappa shape index (κ3) is 4.21. The summed E-state index contributed by atoms with van der Waals surface area (Å²) in [7, 11) is 2.19. The van der Waals surface area contributed by atoms with E-state index in [1.165, 1.54) is 29.0 Å². The maximum Gasteiger partial charge on any atom is 0.0399 e. The Labute approximate surface area is 116 Å². The summed E-state index contributed by atoms with van der Waals surface area (Å²) < 4.78 is 0. The second kappa shape index (κ2) is 7.70. The van der Waals surface area contributed by atoms with Crippen LogP contribution >= 0.6 is 11.8 Å². The number of benzene rings is 1. The molecule has 0 spiro atoms. The number of hydrogen-bond donors (Lipinski definition) is 1. The van der Waals surface area contributed by atoms with Crippen LogP contribution in [0.1, 0.15) is 24.5 Å². The predicted octanol–water partition coefficient (Wildman–Crippen LogP) is 3.07. The monoisotopic (exact) mass is 266 g/mol. The summed E-state index contributed by atoms with van der Waals surface area (Å²) in [6.07, 6.45) is 4.34. The van der Waals surface area contributed by atoms with Crippen LogP contribution in [0.2, 0.25) is 0 Å². The van der Waals surface area contributed by atoms with Gasteiger partial charge in [0.25, 0.3) is 0 Å². The van der Waals surface area contributed by atoms with Gasteiger partial charge in [0.1, 0.15) is 0 Å². The smallest absolute Gasteiger partial charge is 0.0399 e. The normalized spacial score (nSPS) is 12.5. The molecule has 0 aliphatic carbocycles. The first-order valence-corrected chi connectivity index (χ1v) is 8.01. The van der Waals surface area contributed by atoms with Gasteiger partial charge in [0.05, 0.1) is 0 Å². The average molecular weight is 266 g/mol. The highest BCUT2D eigenvalue weighted by Crippen LogP contribution is 2.24. The summed E-state index contributed by atoms with van der Waals surface area (Å²) in [6.45, 7) is 5.15. The second-order valence-corrected chi connectivity index (χ2v) is 5.90. The van der Waals surface area contributed by atoms with Gasteiger partial charge in [0, 0.05) is 18.8 Å². The van der Waals surface area contributed by atoms with Crippen molar-refractivity contribution >= 4 is 17.4 Å². The quantitative estimate of drug-likeness (QED) is 0.822. The van der Waals surface area contributed by atoms with Crippen molar-refractivity contribution in [2.24, 2.45) is 5.73 Å². The molecule has 3 heteroatoms. The number of nitrogens with two attached hydrogens (primary N) is 1. The van der Waals surface area contributed by atoms with Crippen molar-refractivity contribution < 1.29 is 0 Å². The Morgan fingerprint density at radius 1 is 1.39 bits per heavy atom. The molecule has 2 nitrogen and oxygen atoms in total. The van der Waals surface area contributed by atoms with Crippen LogP contribution in [0, 0.1) is 6.92 Å². The van der Waals surface area contributed by atoms with Gasteiger partial charge in [-0.05, 0) is 56.9 Å². The van der Waals surface area contributed by atoms with Crippen LogP contribution in [0.15, 0.2) is 18.2 Å². The summed E-state index contributed by atoms with van der Waals surface area (Å²) in [5.41, 5.74) is 9.73. The molecule has 0 aliphatic rings. The number of rotatable bonds is 7. The lowest BCUT2D eigenvalue weighted by Crippen LogP contribution is -2.30. The van der Waals surface area contributed by atoms with Crippen molar-refractivity contribution in [1.82, 2.24) is 0 Å². The molecule has 0 bridgehead atoms. The van der Waals surface area contributed by atoms with E-state index in [2.05, 4.69) is 50.2 Å². The number of anilines is 1. The molecule has 0 amide bonds.